The van der Waals surface area contributed by atoms with Crippen LogP contribution in [0.5, 0.6) is 0 Å². The van der Waals surface area contributed by atoms with Crippen LogP contribution < -0.4 is 10.1 Å². The number of anilines is 1. The molecule has 0 spiro atoms. The van der Waals surface area contributed by atoms with Crippen molar-refractivity contribution in [1.29, 1.82) is 0 Å². The minimum atomic E-state index is -3.88. The number of nitrogens with one attached hydrogen (secondary N) is 2. The smallest absolute Gasteiger partial charge is 0.261 e. The second kappa shape index (κ2) is 11.6. The van der Waals surface area contributed by atoms with E-state index in [0.29, 0.717) is 0 Å². The van der Waals surface area contributed by atoms with Crippen LogP contribution >= 0.6 is 0 Å². The summed E-state index contributed by atoms with van der Waals surface area (Å²) in [6.07, 6.45) is 14.2. The van der Waals surface area contributed by atoms with Crippen molar-refractivity contribution in [1.82, 2.24) is 15.3 Å². The van der Waals surface area contributed by atoms with Crippen molar-refractivity contribution in [2.45, 2.75) is 75.6 Å². The summed E-state index contributed by atoms with van der Waals surface area (Å²) >= 11 is 0. The number of fused-ring (bicyclic) bond motifs is 1. The average Bonchev–Trinajstić information content (AvgIpc) is 3.37. The van der Waals surface area contributed by atoms with Gasteiger partial charge in [-0.2, -0.15) is 0 Å². The normalized spacial score (nSPS) is 20.3. The molecule has 2 aromatic carbocycles. The van der Waals surface area contributed by atoms with E-state index in [9.17, 15) is 12.8 Å². The van der Waals surface area contributed by atoms with Gasteiger partial charge in [-0.15, -0.1) is 0 Å². The van der Waals surface area contributed by atoms with Crippen LogP contribution in [0.4, 0.5) is 10.1 Å². The zero-order valence-electron chi connectivity index (χ0n) is 22.8. The molecule has 210 valence electrons. The van der Waals surface area contributed by atoms with Crippen molar-refractivity contribution in [2.75, 3.05) is 30.9 Å². The monoisotopic (exact) mass is 552 g/mol. The molecule has 0 aromatic heterocycles. The van der Waals surface area contributed by atoms with Crippen LogP contribution in [0, 0.1) is 17.7 Å². The number of aryl methyl sites for hydroxylation is 1. The Morgan fingerprint density at radius 1 is 1.00 bits per heavy atom. The fourth-order valence-corrected chi connectivity index (χ4v) is 7.50. The first-order valence-electron chi connectivity index (χ1n) is 14.8. The Morgan fingerprint density at radius 3 is 2.64 bits per heavy atom. The van der Waals surface area contributed by atoms with E-state index in [4.69, 9.17) is 0 Å². The fourth-order valence-electron chi connectivity index (χ4n) is 6.38. The van der Waals surface area contributed by atoms with Gasteiger partial charge in [0.25, 0.3) is 10.0 Å². The summed E-state index contributed by atoms with van der Waals surface area (Å²) in [6, 6.07) is 10.2. The van der Waals surface area contributed by atoms with Crippen LogP contribution in [-0.4, -0.2) is 44.5 Å². The number of hydrazine groups is 1. The molecule has 39 heavy (non-hydrogen) atoms. The van der Waals surface area contributed by atoms with E-state index in [0.717, 1.165) is 80.5 Å². The molecule has 2 aliphatic heterocycles. The zero-order valence-corrected chi connectivity index (χ0v) is 23.6. The molecule has 0 saturated heterocycles. The first-order valence-corrected chi connectivity index (χ1v) is 16.2. The van der Waals surface area contributed by atoms with Gasteiger partial charge in [0.2, 0.25) is 0 Å². The number of hydrogen-bond acceptors (Lipinski definition) is 5. The predicted octanol–water partition coefficient (Wildman–Crippen LogP) is 5.61. The summed E-state index contributed by atoms with van der Waals surface area (Å²) in [7, 11) is -3.88. The minimum Gasteiger partial charge on any atom is -0.315 e. The topological polar surface area (TPSA) is 64.7 Å². The number of hydrogen-bond donors (Lipinski definition) is 2. The first kappa shape index (κ1) is 26.8. The second-order valence-electron chi connectivity index (χ2n) is 12.1. The van der Waals surface area contributed by atoms with E-state index >= 15 is 0 Å². The second-order valence-corrected chi connectivity index (χ2v) is 13.8. The molecule has 0 unspecified atom stereocenters. The van der Waals surface area contributed by atoms with Gasteiger partial charge in [0, 0.05) is 38.9 Å². The molecule has 0 radical (unpaired) electrons. The Kier molecular flexibility index (Phi) is 7.96. The molecule has 2 aromatic rings. The van der Waals surface area contributed by atoms with Gasteiger partial charge in [-0.25, -0.2) is 18.2 Å². The van der Waals surface area contributed by atoms with Crippen LogP contribution in [0.25, 0.3) is 0 Å². The van der Waals surface area contributed by atoms with Crippen molar-refractivity contribution in [2.24, 2.45) is 11.8 Å². The molecule has 0 atom stereocenters. The third-order valence-electron chi connectivity index (χ3n) is 8.84. The van der Waals surface area contributed by atoms with Gasteiger partial charge in [-0.05, 0) is 90.5 Å². The highest BCUT2D eigenvalue weighted by Crippen LogP contribution is 2.31. The third-order valence-corrected chi connectivity index (χ3v) is 10.2. The number of benzene rings is 2. The molecule has 2 saturated carbocycles. The summed E-state index contributed by atoms with van der Waals surface area (Å²) in [4.78, 5) is 2.61. The lowest BCUT2D eigenvalue weighted by molar-refractivity contribution is 0.274. The molecular weight excluding hydrogens is 511 g/mol. The maximum atomic E-state index is 14.9. The highest BCUT2D eigenvalue weighted by atomic mass is 32.2. The van der Waals surface area contributed by atoms with Crippen molar-refractivity contribution >= 4 is 15.7 Å². The SMILES string of the molecule is O=S(=O)(Nc1ccc(CCCC2CCCC2)cc1F)c1ccc2c(c1)CCN(CC1=CN(CC3CC3)NC1)C2. The van der Waals surface area contributed by atoms with Gasteiger partial charge >= 0.3 is 0 Å². The minimum absolute atomic E-state index is 0.00705. The zero-order chi connectivity index (χ0) is 26.8. The summed E-state index contributed by atoms with van der Waals surface area (Å²) in [5.74, 6) is 1.16. The number of rotatable bonds is 11. The maximum Gasteiger partial charge on any atom is 0.261 e. The van der Waals surface area contributed by atoms with E-state index in [1.54, 1.807) is 18.2 Å². The summed E-state index contributed by atoms with van der Waals surface area (Å²) in [5, 5.41) is 2.24. The van der Waals surface area contributed by atoms with Gasteiger partial charge in [0.15, 0.2) is 0 Å². The van der Waals surface area contributed by atoms with E-state index in [2.05, 4.69) is 26.3 Å². The van der Waals surface area contributed by atoms with Crippen molar-refractivity contribution in [3.63, 3.8) is 0 Å². The standard InChI is InChI=1S/C31H41FN4O2S/c32-30-16-24(7-3-6-23-4-1-2-5-23)10-13-31(30)34-39(37,38)29-12-11-28-22-35(15-14-27(28)17-29)19-26-18-33-36(21-26)20-25-8-9-25/h10-13,16-17,21,23,25,33-34H,1-9,14-15,18-20,22H2. The van der Waals surface area contributed by atoms with E-state index in [1.165, 1.54) is 56.6 Å². The largest absolute Gasteiger partial charge is 0.315 e. The number of sulfonamides is 1. The molecule has 8 heteroatoms. The van der Waals surface area contributed by atoms with Gasteiger partial charge < -0.3 is 5.01 Å². The first-order chi connectivity index (χ1) is 18.9. The lowest BCUT2D eigenvalue weighted by atomic mass is 9.98. The van der Waals surface area contributed by atoms with Crippen molar-refractivity contribution in [3.05, 3.63) is 70.7 Å². The highest BCUT2D eigenvalue weighted by molar-refractivity contribution is 7.92. The van der Waals surface area contributed by atoms with Crippen molar-refractivity contribution < 1.29 is 12.8 Å². The molecule has 0 amide bonds. The van der Waals surface area contributed by atoms with E-state index in [1.807, 2.05) is 12.1 Å². The Balaban J connectivity index is 1.04. The molecule has 2 heterocycles. The lowest BCUT2D eigenvalue weighted by Gasteiger charge is -2.29. The van der Waals surface area contributed by atoms with Gasteiger partial charge in [-0.1, -0.05) is 44.2 Å². The van der Waals surface area contributed by atoms with Gasteiger partial charge in [0.1, 0.15) is 5.82 Å². The maximum absolute atomic E-state index is 14.9. The Hall–Kier alpha value is -2.42. The molecule has 4 aliphatic rings. The van der Waals surface area contributed by atoms with Crippen molar-refractivity contribution in [3.8, 4) is 0 Å². The Bertz CT molecular complexity index is 1320. The molecule has 0 bridgehead atoms. The number of halogens is 1. The molecule has 2 fully saturated rings. The highest BCUT2D eigenvalue weighted by Gasteiger charge is 2.27. The third kappa shape index (κ3) is 6.84. The van der Waals surface area contributed by atoms with Crippen LogP contribution in [0.1, 0.15) is 68.1 Å². The molecule has 2 aliphatic carbocycles. The number of nitrogens with zero attached hydrogens (tertiary/aromatic N) is 2. The molecule has 6 rings (SSSR count). The molecule has 6 nitrogen and oxygen atoms in total. The predicted molar refractivity (Wildman–Crippen MR) is 153 cm³/mol. The van der Waals surface area contributed by atoms with E-state index < -0.39 is 15.8 Å². The van der Waals surface area contributed by atoms with Gasteiger partial charge in [0.05, 0.1) is 10.6 Å². The van der Waals surface area contributed by atoms with Gasteiger partial charge in [-0.3, -0.25) is 9.62 Å². The van der Waals surface area contributed by atoms with E-state index in [-0.39, 0.29) is 10.6 Å². The summed E-state index contributed by atoms with van der Waals surface area (Å²) in [5.41, 5.74) is 8.01. The van der Waals surface area contributed by atoms with Crippen LogP contribution in [0.15, 0.2) is 53.1 Å². The lowest BCUT2D eigenvalue weighted by Crippen LogP contribution is -2.33. The molecule has 2 N–H and O–H groups in total. The molecular formula is C31H41FN4O2S. The Labute approximate surface area is 232 Å². The van der Waals surface area contributed by atoms with Crippen LogP contribution in [0.2, 0.25) is 0 Å². The summed E-state index contributed by atoms with van der Waals surface area (Å²) in [6.45, 7) is 4.62. The average molecular weight is 553 g/mol. The quantitative estimate of drug-likeness (QED) is 0.379. The summed E-state index contributed by atoms with van der Waals surface area (Å²) < 4.78 is 43.6. The van der Waals surface area contributed by atoms with Crippen LogP contribution in [-0.2, 0) is 29.4 Å². The Morgan fingerprint density at radius 2 is 1.85 bits per heavy atom. The fraction of sp³-hybridized carbons (Fsp3) is 0.548. The van der Waals surface area contributed by atoms with Crippen LogP contribution in [0.3, 0.4) is 0 Å².